The Balaban J connectivity index is 3.08. The van der Waals surface area contributed by atoms with Crippen LogP contribution in [0.25, 0.3) is 0 Å². The van der Waals surface area contributed by atoms with Gasteiger partial charge in [0.15, 0.2) is 0 Å². The Hall–Kier alpha value is -1.75. The molecule has 0 heterocycles. The zero-order valence-electron chi connectivity index (χ0n) is 13.3. The van der Waals surface area contributed by atoms with Crippen molar-refractivity contribution in [2.45, 2.75) is 38.6 Å². The molecule has 0 aliphatic carbocycles. The Morgan fingerprint density at radius 3 is 2.14 bits per heavy atom. The van der Waals surface area contributed by atoms with Gasteiger partial charge in [-0.25, -0.2) is 0 Å². The third-order valence-corrected chi connectivity index (χ3v) is 4.01. The number of carboxylic acid groups (broad SMARTS) is 1. The van der Waals surface area contributed by atoms with Crippen LogP contribution >= 0.6 is 0 Å². The molecule has 3 atom stereocenters. The molecule has 5 heteroatoms. The highest BCUT2D eigenvalue weighted by Gasteiger charge is 2.33. The summed E-state index contributed by atoms with van der Waals surface area (Å²) in [4.78, 5) is 11.2. The van der Waals surface area contributed by atoms with E-state index in [0.717, 1.165) is 17.1 Å². The largest absolute Gasteiger partial charge is 0.496 e. The average Bonchev–Trinajstić information content (AvgIpc) is 2.44. The quantitative estimate of drug-likeness (QED) is 0.808. The van der Waals surface area contributed by atoms with E-state index < -0.39 is 11.5 Å². The molecule has 0 bridgehead atoms. The molecule has 3 N–H and O–H groups in total. The zero-order valence-corrected chi connectivity index (χ0v) is 13.3. The summed E-state index contributed by atoms with van der Waals surface area (Å²) in [6.45, 7) is 5.56. The molecule has 1 rings (SSSR count). The van der Waals surface area contributed by atoms with Crippen molar-refractivity contribution in [3.63, 3.8) is 0 Å². The highest BCUT2D eigenvalue weighted by Crippen LogP contribution is 2.40. The first-order chi connectivity index (χ1) is 9.74. The second-order valence-corrected chi connectivity index (χ2v) is 5.77. The van der Waals surface area contributed by atoms with Crippen LogP contribution in [0.5, 0.6) is 11.5 Å². The molecule has 0 aliphatic rings. The number of aliphatic carboxylic acids is 1. The lowest BCUT2D eigenvalue weighted by Crippen LogP contribution is -2.46. The summed E-state index contributed by atoms with van der Waals surface area (Å²) in [6.07, 6.45) is 0.366. The first-order valence-corrected chi connectivity index (χ1v) is 6.97. The molecular weight excluding hydrogens is 270 g/mol. The number of carbonyl (C=O) groups is 1. The van der Waals surface area contributed by atoms with Crippen molar-refractivity contribution in [3.8, 4) is 11.5 Å². The van der Waals surface area contributed by atoms with Crippen LogP contribution in [0.2, 0.25) is 0 Å². The van der Waals surface area contributed by atoms with Gasteiger partial charge in [-0.05, 0) is 37.3 Å². The number of nitrogens with two attached hydrogens (primary N) is 1. The second kappa shape index (κ2) is 6.80. The van der Waals surface area contributed by atoms with E-state index in [9.17, 15) is 4.79 Å². The van der Waals surface area contributed by atoms with Crippen LogP contribution in [-0.4, -0.2) is 30.8 Å². The smallest absolute Gasteiger partial charge is 0.323 e. The Morgan fingerprint density at radius 1 is 1.29 bits per heavy atom. The Morgan fingerprint density at radius 2 is 1.76 bits per heavy atom. The van der Waals surface area contributed by atoms with Crippen LogP contribution in [0, 0.1) is 5.92 Å². The Bertz CT molecular complexity index is 477. The standard InChI is InChI=1S/C16H25NO4/c1-10(9-16(3,17)15(18)19)11(2)14-12(20-4)7-6-8-13(14)21-5/h6-8,10-11H,9,17H2,1-5H3,(H,18,19). The molecule has 0 amide bonds. The number of methoxy groups -OCH3 is 2. The van der Waals surface area contributed by atoms with E-state index in [2.05, 4.69) is 0 Å². The van der Waals surface area contributed by atoms with Crippen molar-refractivity contribution in [1.29, 1.82) is 0 Å². The van der Waals surface area contributed by atoms with Crippen molar-refractivity contribution in [2.24, 2.45) is 11.7 Å². The summed E-state index contributed by atoms with van der Waals surface area (Å²) in [7, 11) is 3.22. The predicted octanol–water partition coefficient (Wildman–Crippen LogP) is 2.64. The van der Waals surface area contributed by atoms with Gasteiger partial charge in [-0.1, -0.05) is 19.9 Å². The van der Waals surface area contributed by atoms with E-state index in [0.29, 0.717) is 6.42 Å². The highest BCUT2D eigenvalue weighted by atomic mass is 16.5. The molecule has 1 aromatic rings. The van der Waals surface area contributed by atoms with Crippen molar-refractivity contribution >= 4 is 5.97 Å². The molecule has 0 radical (unpaired) electrons. The number of rotatable bonds is 7. The molecular formula is C16H25NO4. The van der Waals surface area contributed by atoms with Gasteiger partial charge >= 0.3 is 5.97 Å². The minimum Gasteiger partial charge on any atom is -0.496 e. The molecule has 5 nitrogen and oxygen atoms in total. The van der Waals surface area contributed by atoms with Crippen LogP contribution in [-0.2, 0) is 4.79 Å². The molecule has 21 heavy (non-hydrogen) atoms. The van der Waals surface area contributed by atoms with Gasteiger partial charge < -0.3 is 20.3 Å². The first kappa shape index (κ1) is 17.3. The molecule has 0 saturated carbocycles. The minimum absolute atomic E-state index is 0.0540. The van der Waals surface area contributed by atoms with E-state index in [1.54, 1.807) is 14.2 Å². The fourth-order valence-corrected chi connectivity index (χ4v) is 2.55. The highest BCUT2D eigenvalue weighted by molar-refractivity contribution is 5.77. The van der Waals surface area contributed by atoms with Gasteiger partial charge in [0.1, 0.15) is 17.0 Å². The molecule has 0 aromatic heterocycles. The van der Waals surface area contributed by atoms with E-state index in [-0.39, 0.29) is 11.8 Å². The first-order valence-electron chi connectivity index (χ1n) is 6.97. The zero-order chi connectivity index (χ0) is 16.2. The Labute approximate surface area is 126 Å². The number of ether oxygens (including phenoxy) is 2. The van der Waals surface area contributed by atoms with Crippen molar-refractivity contribution < 1.29 is 19.4 Å². The summed E-state index contributed by atoms with van der Waals surface area (Å²) >= 11 is 0. The van der Waals surface area contributed by atoms with Crippen molar-refractivity contribution in [1.82, 2.24) is 0 Å². The molecule has 0 spiro atoms. The van der Waals surface area contributed by atoms with E-state index in [1.165, 1.54) is 6.92 Å². The van der Waals surface area contributed by atoms with Gasteiger partial charge in [0.05, 0.1) is 14.2 Å². The van der Waals surface area contributed by atoms with Gasteiger partial charge in [0, 0.05) is 5.56 Å². The maximum Gasteiger partial charge on any atom is 0.323 e. The lowest BCUT2D eigenvalue weighted by atomic mass is 9.80. The van der Waals surface area contributed by atoms with E-state index in [1.807, 2.05) is 32.0 Å². The third-order valence-electron chi connectivity index (χ3n) is 4.01. The monoisotopic (exact) mass is 295 g/mol. The fourth-order valence-electron chi connectivity index (χ4n) is 2.55. The molecule has 0 fully saturated rings. The lowest BCUT2D eigenvalue weighted by Gasteiger charge is -2.29. The molecule has 1 aromatic carbocycles. The lowest BCUT2D eigenvalue weighted by molar-refractivity contribution is -0.143. The van der Waals surface area contributed by atoms with E-state index in [4.69, 9.17) is 20.3 Å². The summed E-state index contributed by atoms with van der Waals surface area (Å²) in [5, 5.41) is 9.17. The van der Waals surface area contributed by atoms with Gasteiger partial charge in [-0.2, -0.15) is 0 Å². The number of benzene rings is 1. The number of hydrogen-bond donors (Lipinski definition) is 2. The summed E-state index contributed by atoms with van der Waals surface area (Å²) in [5.41, 5.74) is 5.55. The molecule has 3 unspecified atom stereocenters. The summed E-state index contributed by atoms with van der Waals surface area (Å²) in [5.74, 6) is 0.596. The van der Waals surface area contributed by atoms with Gasteiger partial charge in [-0.15, -0.1) is 0 Å². The van der Waals surface area contributed by atoms with Gasteiger partial charge in [0.25, 0.3) is 0 Å². The summed E-state index contributed by atoms with van der Waals surface area (Å²) in [6, 6.07) is 5.61. The topological polar surface area (TPSA) is 81.8 Å². The Kier molecular flexibility index (Phi) is 5.61. The van der Waals surface area contributed by atoms with Crippen molar-refractivity contribution in [3.05, 3.63) is 23.8 Å². The van der Waals surface area contributed by atoms with Crippen molar-refractivity contribution in [2.75, 3.05) is 14.2 Å². The molecule has 0 aliphatic heterocycles. The summed E-state index contributed by atoms with van der Waals surface area (Å²) < 4.78 is 10.8. The fraction of sp³-hybridized carbons (Fsp3) is 0.562. The second-order valence-electron chi connectivity index (χ2n) is 5.77. The van der Waals surface area contributed by atoms with Gasteiger partial charge in [-0.3, -0.25) is 4.79 Å². The van der Waals surface area contributed by atoms with Crippen LogP contribution in [0.1, 0.15) is 38.7 Å². The minimum atomic E-state index is -1.25. The predicted molar refractivity (Wildman–Crippen MR) is 82.0 cm³/mol. The van der Waals surface area contributed by atoms with Crippen LogP contribution in [0.15, 0.2) is 18.2 Å². The maximum absolute atomic E-state index is 11.2. The van der Waals surface area contributed by atoms with Gasteiger partial charge in [0.2, 0.25) is 0 Å². The van der Waals surface area contributed by atoms with Crippen LogP contribution in [0.3, 0.4) is 0 Å². The average molecular weight is 295 g/mol. The van der Waals surface area contributed by atoms with Crippen LogP contribution < -0.4 is 15.2 Å². The molecule has 0 saturated heterocycles. The SMILES string of the molecule is COc1cccc(OC)c1C(C)C(C)CC(C)(N)C(=O)O. The number of hydrogen-bond acceptors (Lipinski definition) is 4. The normalized spacial score (nSPS) is 16.7. The third kappa shape index (κ3) is 3.88. The van der Waals surface area contributed by atoms with E-state index >= 15 is 0 Å². The van der Waals surface area contributed by atoms with Crippen LogP contribution in [0.4, 0.5) is 0 Å². The maximum atomic E-state index is 11.2. The number of carboxylic acids is 1. The molecule has 118 valence electrons.